The zero-order valence-electron chi connectivity index (χ0n) is 16.7. The van der Waals surface area contributed by atoms with Crippen molar-refractivity contribution < 1.29 is 41.2 Å². The smallest absolute Gasteiger partial charge is 0.387 e. The Morgan fingerprint density at radius 2 is 1.67 bits per heavy atom. The van der Waals surface area contributed by atoms with E-state index in [1.54, 1.807) is 0 Å². The number of rotatable bonds is 8. The molecule has 2 heterocycles. The summed E-state index contributed by atoms with van der Waals surface area (Å²) in [5.41, 5.74) is 0.297. The fraction of sp³-hybridized carbons (Fsp3) is 0.619. The van der Waals surface area contributed by atoms with Gasteiger partial charge < -0.3 is 23.7 Å². The van der Waals surface area contributed by atoms with Crippen LogP contribution in [0.3, 0.4) is 0 Å². The number of ether oxygens (including phenoxy) is 5. The van der Waals surface area contributed by atoms with E-state index in [9.17, 15) is 17.6 Å². The van der Waals surface area contributed by atoms with Crippen LogP contribution >= 0.6 is 0 Å². The third-order valence-corrected chi connectivity index (χ3v) is 4.90. The highest BCUT2D eigenvalue weighted by Gasteiger charge is 2.33. The molecule has 0 bridgehead atoms. The molecule has 0 N–H and O–H groups in total. The summed E-state index contributed by atoms with van der Waals surface area (Å²) < 4.78 is 78.8. The Morgan fingerprint density at radius 3 is 2.23 bits per heavy atom. The number of halogens is 4. The van der Waals surface area contributed by atoms with Gasteiger partial charge in [-0.25, -0.2) is 8.78 Å². The Bertz CT molecular complexity index is 676. The topological polar surface area (TPSA) is 46.2 Å². The fourth-order valence-electron chi connectivity index (χ4n) is 3.37. The van der Waals surface area contributed by atoms with Gasteiger partial charge in [-0.1, -0.05) is 19.1 Å². The van der Waals surface area contributed by atoms with Crippen LogP contribution in [-0.2, 0) is 25.4 Å². The van der Waals surface area contributed by atoms with Crippen molar-refractivity contribution in [3.63, 3.8) is 0 Å². The molecule has 5 nitrogen and oxygen atoms in total. The zero-order chi connectivity index (χ0) is 21.5. The molecule has 1 aromatic rings. The molecule has 0 saturated carbocycles. The van der Waals surface area contributed by atoms with Crippen LogP contribution in [0.5, 0.6) is 5.75 Å². The van der Waals surface area contributed by atoms with E-state index < -0.39 is 30.3 Å². The summed E-state index contributed by atoms with van der Waals surface area (Å²) in [4.78, 5) is 0. The number of benzene rings is 1. The van der Waals surface area contributed by atoms with Crippen molar-refractivity contribution in [2.75, 3.05) is 26.4 Å². The van der Waals surface area contributed by atoms with Gasteiger partial charge in [0.15, 0.2) is 30.0 Å². The molecule has 168 valence electrons. The van der Waals surface area contributed by atoms with Crippen molar-refractivity contribution in [2.45, 2.75) is 45.4 Å². The first-order valence-corrected chi connectivity index (χ1v) is 10.0. The second kappa shape index (κ2) is 11.1. The van der Waals surface area contributed by atoms with Crippen LogP contribution < -0.4 is 4.74 Å². The van der Waals surface area contributed by atoms with E-state index in [0.29, 0.717) is 38.4 Å². The van der Waals surface area contributed by atoms with E-state index >= 15 is 0 Å². The Labute approximate surface area is 172 Å². The molecule has 9 heteroatoms. The first kappa shape index (κ1) is 23.0. The SMILES string of the molecule is CCC=CC1COC(C2COC(CCc3cc(F)c(OC(F)F)c(F)c3)OC2)OC1. The number of hydrogen-bond acceptors (Lipinski definition) is 5. The normalized spacial score (nSPS) is 27.7. The summed E-state index contributed by atoms with van der Waals surface area (Å²) in [6.07, 6.45) is 4.84. The minimum atomic E-state index is -3.30. The van der Waals surface area contributed by atoms with Crippen LogP contribution in [0, 0.1) is 23.5 Å². The van der Waals surface area contributed by atoms with E-state index in [-0.39, 0.29) is 24.5 Å². The van der Waals surface area contributed by atoms with Gasteiger partial charge in [-0.3, -0.25) is 0 Å². The van der Waals surface area contributed by atoms with Crippen molar-refractivity contribution in [1.29, 1.82) is 0 Å². The van der Waals surface area contributed by atoms with Gasteiger partial charge in [0.25, 0.3) is 0 Å². The van der Waals surface area contributed by atoms with Crippen LogP contribution in [0.1, 0.15) is 25.3 Å². The van der Waals surface area contributed by atoms with E-state index in [0.717, 1.165) is 18.6 Å². The van der Waals surface area contributed by atoms with Gasteiger partial charge in [0.1, 0.15) is 0 Å². The summed E-state index contributed by atoms with van der Waals surface area (Å²) in [5, 5.41) is 0. The van der Waals surface area contributed by atoms with Crippen LogP contribution in [0.4, 0.5) is 17.6 Å². The van der Waals surface area contributed by atoms with E-state index in [1.807, 2.05) is 0 Å². The second-order valence-corrected chi connectivity index (χ2v) is 7.29. The van der Waals surface area contributed by atoms with E-state index in [1.165, 1.54) is 0 Å². The minimum Gasteiger partial charge on any atom is -0.429 e. The van der Waals surface area contributed by atoms with E-state index in [4.69, 9.17) is 18.9 Å². The highest BCUT2D eigenvalue weighted by molar-refractivity contribution is 5.31. The first-order valence-electron chi connectivity index (χ1n) is 10.0. The quantitative estimate of drug-likeness (QED) is 0.447. The lowest BCUT2D eigenvalue weighted by Crippen LogP contribution is -2.44. The standard InChI is InChI=1S/C21H26F4O5/c1-2-3-4-14-9-28-20(29-10-14)15-11-26-18(27-12-15)6-5-13-7-16(22)19(17(23)8-13)30-21(24)25/h3-4,7-8,14-15,18,20-21H,2,5-6,9-12H2,1H3. The minimum absolute atomic E-state index is 0.0574. The average molecular weight is 434 g/mol. The summed E-state index contributed by atoms with van der Waals surface area (Å²) >= 11 is 0. The molecule has 0 unspecified atom stereocenters. The molecule has 2 aliphatic rings. The van der Waals surface area contributed by atoms with Gasteiger partial charge in [-0.2, -0.15) is 8.78 Å². The first-order chi connectivity index (χ1) is 14.5. The highest BCUT2D eigenvalue weighted by Crippen LogP contribution is 2.27. The van der Waals surface area contributed by atoms with Crippen LogP contribution in [0.15, 0.2) is 24.3 Å². The van der Waals surface area contributed by atoms with Gasteiger partial charge in [-0.05, 0) is 30.5 Å². The highest BCUT2D eigenvalue weighted by atomic mass is 19.3. The molecule has 2 saturated heterocycles. The van der Waals surface area contributed by atoms with Gasteiger partial charge >= 0.3 is 6.61 Å². The average Bonchev–Trinajstić information content (AvgIpc) is 2.74. The lowest BCUT2D eigenvalue weighted by molar-refractivity contribution is -0.278. The molecule has 0 spiro atoms. The Hall–Kier alpha value is -1.68. The lowest BCUT2D eigenvalue weighted by Gasteiger charge is -2.37. The molecule has 0 atom stereocenters. The Morgan fingerprint density at radius 1 is 1.03 bits per heavy atom. The largest absolute Gasteiger partial charge is 0.429 e. The van der Waals surface area contributed by atoms with Crippen molar-refractivity contribution in [3.05, 3.63) is 41.5 Å². The fourth-order valence-corrected chi connectivity index (χ4v) is 3.37. The van der Waals surface area contributed by atoms with Gasteiger partial charge in [0.2, 0.25) is 0 Å². The predicted octanol–water partition coefficient (Wildman–Crippen LogP) is 4.44. The molecule has 2 fully saturated rings. The zero-order valence-corrected chi connectivity index (χ0v) is 16.7. The number of hydrogen-bond donors (Lipinski definition) is 0. The van der Waals surface area contributed by atoms with Gasteiger partial charge in [0, 0.05) is 12.3 Å². The van der Waals surface area contributed by atoms with Crippen molar-refractivity contribution in [2.24, 2.45) is 11.8 Å². The maximum Gasteiger partial charge on any atom is 0.387 e. The molecule has 0 amide bonds. The molecule has 3 rings (SSSR count). The summed E-state index contributed by atoms with van der Waals surface area (Å²) in [7, 11) is 0. The Kier molecular flexibility index (Phi) is 8.50. The molecule has 2 aliphatic heterocycles. The third-order valence-electron chi connectivity index (χ3n) is 4.90. The second-order valence-electron chi connectivity index (χ2n) is 7.29. The van der Waals surface area contributed by atoms with Crippen LogP contribution in [-0.4, -0.2) is 45.6 Å². The molecule has 0 radical (unpaired) electrons. The number of alkyl halides is 2. The van der Waals surface area contributed by atoms with E-state index in [2.05, 4.69) is 23.8 Å². The summed E-state index contributed by atoms with van der Waals surface area (Å²) in [5.74, 6) is -3.23. The number of allylic oxidation sites excluding steroid dienone is 1. The monoisotopic (exact) mass is 434 g/mol. The molecule has 0 aromatic heterocycles. The molecular formula is C21H26F4O5. The molecular weight excluding hydrogens is 408 g/mol. The Balaban J connectivity index is 1.42. The summed E-state index contributed by atoms with van der Waals surface area (Å²) in [6, 6.07) is 1.94. The van der Waals surface area contributed by atoms with Crippen molar-refractivity contribution in [1.82, 2.24) is 0 Å². The maximum atomic E-state index is 13.8. The molecule has 30 heavy (non-hydrogen) atoms. The maximum absolute atomic E-state index is 13.8. The van der Waals surface area contributed by atoms with Crippen LogP contribution in [0.25, 0.3) is 0 Å². The van der Waals surface area contributed by atoms with Crippen LogP contribution in [0.2, 0.25) is 0 Å². The predicted molar refractivity (Wildman–Crippen MR) is 99.1 cm³/mol. The lowest BCUT2D eigenvalue weighted by atomic mass is 10.1. The van der Waals surface area contributed by atoms with Crippen molar-refractivity contribution in [3.8, 4) is 5.75 Å². The van der Waals surface area contributed by atoms with Crippen molar-refractivity contribution >= 4 is 0 Å². The molecule has 0 aliphatic carbocycles. The molecule has 1 aromatic carbocycles. The van der Waals surface area contributed by atoms with Gasteiger partial charge in [-0.15, -0.1) is 0 Å². The van der Waals surface area contributed by atoms with Gasteiger partial charge in [0.05, 0.1) is 32.3 Å². The summed E-state index contributed by atoms with van der Waals surface area (Å²) in [6.45, 7) is 0.713. The third kappa shape index (κ3) is 6.41. The number of aryl methyl sites for hydroxylation is 1.